The minimum atomic E-state index is -0.329. The Bertz CT molecular complexity index is 553. The largest absolute Gasteiger partial charge is 0.312 e. The zero-order valence-corrected chi connectivity index (χ0v) is 11.6. The molecule has 2 rings (SSSR count). The Kier molecular flexibility index (Phi) is 4.65. The molecule has 1 aromatic carbocycles. The molecule has 0 fully saturated rings. The van der Waals surface area contributed by atoms with Crippen molar-refractivity contribution in [1.82, 2.24) is 5.32 Å². The molecule has 0 bridgehead atoms. The lowest BCUT2D eigenvalue weighted by molar-refractivity contribution is -0.385. The Morgan fingerprint density at radius 2 is 2.16 bits per heavy atom. The van der Waals surface area contributed by atoms with E-state index in [1.54, 1.807) is 30.4 Å². The van der Waals surface area contributed by atoms with Crippen LogP contribution in [0.3, 0.4) is 0 Å². The maximum Gasteiger partial charge on any atom is 0.272 e. The van der Waals surface area contributed by atoms with Gasteiger partial charge in [-0.25, -0.2) is 0 Å². The molecule has 1 aromatic heterocycles. The lowest BCUT2D eigenvalue weighted by Gasteiger charge is -2.05. The third kappa shape index (κ3) is 3.87. The summed E-state index contributed by atoms with van der Waals surface area (Å²) in [6.07, 6.45) is 0.984. The maximum atomic E-state index is 10.8. The quantitative estimate of drug-likeness (QED) is 0.500. The summed E-state index contributed by atoms with van der Waals surface area (Å²) in [5, 5.41) is 18.4. The molecular weight excluding hydrogens is 260 g/mol. The minimum Gasteiger partial charge on any atom is -0.312 e. The van der Waals surface area contributed by atoms with Gasteiger partial charge in [-0.1, -0.05) is 12.1 Å². The van der Waals surface area contributed by atoms with Gasteiger partial charge >= 0.3 is 0 Å². The number of benzene rings is 1. The Labute approximate surface area is 116 Å². The van der Waals surface area contributed by atoms with E-state index in [1.165, 1.54) is 5.56 Å². The highest BCUT2D eigenvalue weighted by Crippen LogP contribution is 2.19. The standard InChI is InChI=1S/C14H16N2O2S/c1-11-2-3-13(8-14(11)16(17)18)9-15-6-4-12-5-7-19-10-12/h2-3,5,7-8,10,15H,4,6,9H2,1H3. The summed E-state index contributed by atoms with van der Waals surface area (Å²) in [5.41, 5.74) is 3.17. The van der Waals surface area contributed by atoms with Gasteiger partial charge in [-0.05, 0) is 47.8 Å². The highest BCUT2D eigenvalue weighted by molar-refractivity contribution is 7.07. The summed E-state index contributed by atoms with van der Waals surface area (Å²) in [4.78, 5) is 10.5. The summed E-state index contributed by atoms with van der Waals surface area (Å²) < 4.78 is 0. The third-order valence-electron chi connectivity index (χ3n) is 2.97. The van der Waals surface area contributed by atoms with Gasteiger partial charge < -0.3 is 5.32 Å². The molecule has 5 heteroatoms. The molecule has 100 valence electrons. The van der Waals surface area contributed by atoms with Crippen molar-refractivity contribution in [2.45, 2.75) is 19.9 Å². The summed E-state index contributed by atoms with van der Waals surface area (Å²) in [6, 6.07) is 7.49. The average molecular weight is 276 g/mol. The van der Waals surface area contributed by atoms with Crippen LogP contribution in [0.5, 0.6) is 0 Å². The van der Waals surface area contributed by atoms with E-state index >= 15 is 0 Å². The Hall–Kier alpha value is -1.72. The van der Waals surface area contributed by atoms with Crippen molar-refractivity contribution in [2.75, 3.05) is 6.54 Å². The molecule has 0 aliphatic heterocycles. The summed E-state index contributed by atoms with van der Waals surface area (Å²) in [5.74, 6) is 0. The fraction of sp³-hybridized carbons (Fsp3) is 0.286. The lowest BCUT2D eigenvalue weighted by Crippen LogP contribution is -2.16. The van der Waals surface area contributed by atoms with Gasteiger partial charge in [-0.3, -0.25) is 10.1 Å². The molecule has 2 aromatic rings. The van der Waals surface area contributed by atoms with Gasteiger partial charge in [-0.15, -0.1) is 0 Å². The number of nitrogens with zero attached hydrogens (tertiary/aromatic N) is 1. The lowest BCUT2D eigenvalue weighted by atomic mass is 10.1. The van der Waals surface area contributed by atoms with E-state index < -0.39 is 0 Å². The topological polar surface area (TPSA) is 55.2 Å². The molecule has 19 heavy (non-hydrogen) atoms. The van der Waals surface area contributed by atoms with Crippen LogP contribution in [0, 0.1) is 17.0 Å². The summed E-state index contributed by atoms with van der Waals surface area (Å²) >= 11 is 1.70. The van der Waals surface area contributed by atoms with Crippen LogP contribution >= 0.6 is 11.3 Å². The van der Waals surface area contributed by atoms with Crippen molar-refractivity contribution in [3.05, 3.63) is 61.8 Å². The van der Waals surface area contributed by atoms with Gasteiger partial charge in [0.1, 0.15) is 0 Å². The van der Waals surface area contributed by atoms with Crippen molar-refractivity contribution in [3.63, 3.8) is 0 Å². The first-order valence-electron chi connectivity index (χ1n) is 6.12. The number of rotatable bonds is 6. The van der Waals surface area contributed by atoms with Crippen LogP contribution in [0.1, 0.15) is 16.7 Å². The summed E-state index contributed by atoms with van der Waals surface area (Å²) in [6.45, 7) is 3.29. The van der Waals surface area contributed by atoms with Crippen molar-refractivity contribution in [2.24, 2.45) is 0 Å². The van der Waals surface area contributed by atoms with Crippen LogP contribution in [0.4, 0.5) is 5.69 Å². The Morgan fingerprint density at radius 1 is 1.32 bits per heavy atom. The molecule has 1 heterocycles. The molecule has 0 unspecified atom stereocenters. The number of nitro groups is 1. The molecule has 0 amide bonds. The maximum absolute atomic E-state index is 10.8. The monoisotopic (exact) mass is 276 g/mol. The Morgan fingerprint density at radius 3 is 2.84 bits per heavy atom. The van der Waals surface area contributed by atoms with Gasteiger partial charge in [-0.2, -0.15) is 11.3 Å². The number of aryl methyl sites for hydroxylation is 1. The second-order valence-corrected chi connectivity index (χ2v) is 5.22. The number of nitro benzene ring substituents is 1. The normalized spacial score (nSPS) is 10.6. The molecule has 0 radical (unpaired) electrons. The minimum absolute atomic E-state index is 0.192. The van der Waals surface area contributed by atoms with Crippen molar-refractivity contribution >= 4 is 17.0 Å². The summed E-state index contributed by atoms with van der Waals surface area (Å²) in [7, 11) is 0. The van der Waals surface area contributed by atoms with Gasteiger partial charge in [0.2, 0.25) is 0 Å². The second kappa shape index (κ2) is 6.45. The average Bonchev–Trinajstić information content (AvgIpc) is 2.89. The van der Waals surface area contributed by atoms with E-state index in [9.17, 15) is 10.1 Å². The van der Waals surface area contributed by atoms with Crippen molar-refractivity contribution in [3.8, 4) is 0 Å². The third-order valence-corrected chi connectivity index (χ3v) is 3.70. The van der Waals surface area contributed by atoms with Gasteiger partial charge in [0.15, 0.2) is 0 Å². The van der Waals surface area contributed by atoms with E-state index in [0.717, 1.165) is 18.5 Å². The van der Waals surface area contributed by atoms with Crippen LogP contribution < -0.4 is 5.32 Å². The number of hydrogen-bond donors (Lipinski definition) is 1. The zero-order chi connectivity index (χ0) is 13.7. The SMILES string of the molecule is Cc1ccc(CNCCc2ccsc2)cc1[N+](=O)[O-]. The molecule has 1 N–H and O–H groups in total. The first-order chi connectivity index (χ1) is 9.16. The van der Waals surface area contributed by atoms with E-state index in [0.29, 0.717) is 12.1 Å². The molecule has 0 aliphatic carbocycles. The first-order valence-corrected chi connectivity index (χ1v) is 7.07. The van der Waals surface area contributed by atoms with Gasteiger partial charge in [0.05, 0.1) is 4.92 Å². The van der Waals surface area contributed by atoms with Gasteiger partial charge in [0, 0.05) is 18.2 Å². The van der Waals surface area contributed by atoms with Gasteiger partial charge in [0.25, 0.3) is 5.69 Å². The van der Waals surface area contributed by atoms with Crippen LogP contribution in [-0.4, -0.2) is 11.5 Å². The molecule has 0 aliphatic rings. The van der Waals surface area contributed by atoms with Crippen LogP contribution in [0.15, 0.2) is 35.0 Å². The molecule has 0 saturated carbocycles. The fourth-order valence-corrected chi connectivity index (χ4v) is 2.57. The molecule has 0 spiro atoms. The van der Waals surface area contributed by atoms with Crippen LogP contribution in [-0.2, 0) is 13.0 Å². The highest BCUT2D eigenvalue weighted by atomic mass is 32.1. The number of nitrogens with one attached hydrogen (secondary N) is 1. The van der Waals surface area contributed by atoms with Crippen molar-refractivity contribution < 1.29 is 4.92 Å². The number of thiophene rings is 1. The smallest absolute Gasteiger partial charge is 0.272 e. The van der Waals surface area contributed by atoms with Crippen molar-refractivity contribution in [1.29, 1.82) is 0 Å². The van der Waals surface area contributed by atoms with E-state index in [2.05, 4.69) is 22.1 Å². The Balaban J connectivity index is 1.86. The zero-order valence-electron chi connectivity index (χ0n) is 10.8. The van der Waals surface area contributed by atoms with E-state index in [4.69, 9.17) is 0 Å². The molecular formula is C14H16N2O2S. The predicted octanol–water partition coefficient (Wildman–Crippen LogP) is 3.30. The second-order valence-electron chi connectivity index (χ2n) is 4.44. The highest BCUT2D eigenvalue weighted by Gasteiger charge is 2.10. The van der Waals surface area contributed by atoms with E-state index in [1.807, 2.05) is 6.07 Å². The molecule has 0 saturated heterocycles. The van der Waals surface area contributed by atoms with Crippen LogP contribution in [0.2, 0.25) is 0 Å². The molecule has 4 nitrogen and oxygen atoms in total. The van der Waals surface area contributed by atoms with Crippen LogP contribution in [0.25, 0.3) is 0 Å². The first kappa shape index (κ1) is 13.7. The fourth-order valence-electron chi connectivity index (χ4n) is 1.86. The molecule has 0 atom stereocenters. The number of hydrogen-bond acceptors (Lipinski definition) is 4. The predicted molar refractivity (Wildman–Crippen MR) is 77.6 cm³/mol. The van der Waals surface area contributed by atoms with E-state index in [-0.39, 0.29) is 10.6 Å².